The first-order chi connectivity index (χ1) is 6.02. The van der Waals surface area contributed by atoms with Gasteiger partial charge in [0, 0.05) is 6.08 Å². The Labute approximate surface area is 106 Å². The van der Waals surface area contributed by atoms with Gasteiger partial charge in [0.1, 0.15) is 0 Å². The predicted octanol–water partition coefficient (Wildman–Crippen LogP) is 0.129. The molecule has 0 rings (SSSR count). The number of rotatable bonds is 6. The first kappa shape index (κ1) is 16.5. The van der Waals surface area contributed by atoms with E-state index in [1.807, 2.05) is 6.92 Å². The molecule has 0 aliphatic carbocycles. The SMILES string of the molecule is C=CC(=O)OS(=O)(=O)OCCCC.[NaH]. The fourth-order valence-electron chi connectivity index (χ4n) is 0.464. The zero-order valence-corrected chi connectivity index (χ0v) is 8.17. The molecule has 0 fully saturated rings. The van der Waals surface area contributed by atoms with E-state index in [4.69, 9.17) is 0 Å². The van der Waals surface area contributed by atoms with Crippen LogP contribution in [0.1, 0.15) is 19.8 Å². The third-order valence-corrected chi connectivity index (χ3v) is 1.90. The molecular formula is C7H13NaO5S. The van der Waals surface area contributed by atoms with Crippen molar-refractivity contribution in [2.24, 2.45) is 0 Å². The van der Waals surface area contributed by atoms with Crippen LogP contribution in [0.3, 0.4) is 0 Å². The molecule has 0 unspecified atom stereocenters. The van der Waals surface area contributed by atoms with E-state index in [2.05, 4.69) is 14.9 Å². The second-order valence-corrected chi connectivity index (χ2v) is 3.41. The molecule has 78 valence electrons. The van der Waals surface area contributed by atoms with Crippen molar-refractivity contribution in [1.82, 2.24) is 0 Å². The van der Waals surface area contributed by atoms with E-state index in [0.717, 1.165) is 12.5 Å². The summed E-state index contributed by atoms with van der Waals surface area (Å²) in [4.78, 5) is 10.5. The Morgan fingerprint density at radius 2 is 2.07 bits per heavy atom. The van der Waals surface area contributed by atoms with Gasteiger partial charge in [0.2, 0.25) is 0 Å². The first-order valence-corrected chi connectivity index (χ1v) is 5.10. The van der Waals surface area contributed by atoms with E-state index < -0.39 is 16.4 Å². The molecule has 0 saturated carbocycles. The molecule has 5 nitrogen and oxygen atoms in total. The summed E-state index contributed by atoms with van der Waals surface area (Å²) >= 11 is 0. The second-order valence-electron chi connectivity index (χ2n) is 2.19. The van der Waals surface area contributed by atoms with Crippen LogP contribution in [-0.4, -0.2) is 50.6 Å². The van der Waals surface area contributed by atoms with E-state index >= 15 is 0 Å². The second kappa shape index (κ2) is 8.43. The minimum absolute atomic E-state index is 0. The van der Waals surface area contributed by atoms with E-state index in [-0.39, 0.29) is 36.2 Å². The van der Waals surface area contributed by atoms with Crippen molar-refractivity contribution in [3.05, 3.63) is 12.7 Å². The molecule has 0 aliphatic rings. The Bertz CT molecular complexity index is 272. The van der Waals surface area contributed by atoms with Gasteiger partial charge in [-0.1, -0.05) is 19.9 Å². The number of unbranched alkanes of at least 4 members (excludes halogenated alkanes) is 1. The Balaban J connectivity index is 0. The van der Waals surface area contributed by atoms with Crippen molar-refractivity contribution in [2.75, 3.05) is 6.61 Å². The van der Waals surface area contributed by atoms with Crippen LogP contribution in [0.15, 0.2) is 12.7 Å². The molecule has 0 heterocycles. The molecule has 0 aliphatic heterocycles. The van der Waals surface area contributed by atoms with Crippen molar-refractivity contribution >= 4 is 45.9 Å². The molecule has 14 heavy (non-hydrogen) atoms. The number of hydrogen-bond acceptors (Lipinski definition) is 5. The van der Waals surface area contributed by atoms with Crippen molar-refractivity contribution in [2.45, 2.75) is 19.8 Å². The van der Waals surface area contributed by atoms with Gasteiger partial charge in [-0.2, -0.15) is 8.42 Å². The summed E-state index contributed by atoms with van der Waals surface area (Å²) in [6, 6.07) is 0. The van der Waals surface area contributed by atoms with Crippen LogP contribution in [-0.2, 0) is 23.6 Å². The topological polar surface area (TPSA) is 69.7 Å². The summed E-state index contributed by atoms with van der Waals surface area (Å²) in [5.74, 6) is -1.04. The fraction of sp³-hybridized carbons (Fsp3) is 0.571. The molecule has 0 aromatic carbocycles. The molecule has 0 saturated heterocycles. The Hall–Kier alpha value is 0.120. The van der Waals surface area contributed by atoms with E-state index in [0.29, 0.717) is 6.42 Å². The van der Waals surface area contributed by atoms with Gasteiger partial charge in [0.25, 0.3) is 0 Å². The van der Waals surface area contributed by atoms with Crippen LogP contribution in [0.5, 0.6) is 0 Å². The standard InChI is InChI=1S/C7H12O5S.Na.H/c1-3-5-6-11-13(9,10)12-7(8)4-2;;/h4H,2-3,5-6H2,1H3;;. The molecular weight excluding hydrogens is 219 g/mol. The minimum atomic E-state index is -4.19. The Morgan fingerprint density at radius 3 is 2.50 bits per heavy atom. The van der Waals surface area contributed by atoms with E-state index in [1.165, 1.54) is 0 Å². The van der Waals surface area contributed by atoms with Gasteiger partial charge >= 0.3 is 45.9 Å². The summed E-state index contributed by atoms with van der Waals surface area (Å²) in [6.45, 7) is 4.94. The van der Waals surface area contributed by atoms with Crippen LogP contribution >= 0.6 is 0 Å². The summed E-state index contributed by atoms with van der Waals surface area (Å²) in [5, 5.41) is 0. The van der Waals surface area contributed by atoms with E-state index in [1.54, 1.807) is 0 Å². The van der Waals surface area contributed by atoms with Gasteiger partial charge in [-0.15, -0.1) is 0 Å². The van der Waals surface area contributed by atoms with Crippen LogP contribution in [0.2, 0.25) is 0 Å². The Kier molecular flexibility index (Phi) is 9.96. The molecule has 0 bridgehead atoms. The summed E-state index contributed by atoms with van der Waals surface area (Å²) < 4.78 is 29.8. The first-order valence-electron chi connectivity index (χ1n) is 3.77. The van der Waals surface area contributed by atoms with E-state index in [9.17, 15) is 13.2 Å². The van der Waals surface area contributed by atoms with Crippen LogP contribution in [0.4, 0.5) is 0 Å². The zero-order chi connectivity index (χ0) is 10.3. The van der Waals surface area contributed by atoms with Gasteiger partial charge in [-0.3, -0.25) is 0 Å². The average molecular weight is 232 g/mol. The monoisotopic (exact) mass is 232 g/mol. The molecule has 0 atom stereocenters. The fourth-order valence-corrected chi connectivity index (χ4v) is 1.10. The molecule has 0 N–H and O–H groups in total. The number of carbonyl (C=O) groups is 1. The van der Waals surface area contributed by atoms with Crippen molar-refractivity contribution < 1.29 is 21.6 Å². The van der Waals surface area contributed by atoms with Crippen molar-refractivity contribution in [3.8, 4) is 0 Å². The Morgan fingerprint density at radius 1 is 1.50 bits per heavy atom. The quantitative estimate of drug-likeness (QED) is 0.370. The average Bonchev–Trinajstić information content (AvgIpc) is 2.03. The van der Waals surface area contributed by atoms with Crippen LogP contribution < -0.4 is 0 Å². The number of hydrogen-bond donors (Lipinski definition) is 0. The molecule has 0 amide bonds. The summed E-state index contributed by atoms with van der Waals surface area (Å²) in [5.41, 5.74) is 0. The molecule has 0 radical (unpaired) electrons. The summed E-state index contributed by atoms with van der Waals surface area (Å²) in [6.07, 6.45) is 2.14. The van der Waals surface area contributed by atoms with Gasteiger partial charge in [0.05, 0.1) is 6.61 Å². The molecule has 0 spiro atoms. The van der Waals surface area contributed by atoms with Crippen LogP contribution in [0.25, 0.3) is 0 Å². The zero-order valence-electron chi connectivity index (χ0n) is 7.36. The predicted molar refractivity (Wildman–Crippen MR) is 53.2 cm³/mol. The maximum absolute atomic E-state index is 10.8. The molecule has 7 heteroatoms. The normalized spacial score (nSPS) is 10.1. The maximum atomic E-state index is 10.8. The molecule has 0 aromatic heterocycles. The van der Waals surface area contributed by atoms with Crippen molar-refractivity contribution in [3.63, 3.8) is 0 Å². The van der Waals surface area contributed by atoms with Crippen molar-refractivity contribution in [1.29, 1.82) is 0 Å². The van der Waals surface area contributed by atoms with Crippen LogP contribution in [0, 0.1) is 0 Å². The van der Waals surface area contributed by atoms with Gasteiger partial charge in [-0.25, -0.2) is 8.98 Å². The third-order valence-electron chi connectivity index (χ3n) is 1.08. The number of carbonyl (C=O) groups excluding carboxylic acids is 1. The van der Waals surface area contributed by atoms with Gasteiger partial charge in [0.15, 0.2) is 0 Å². The van der Waals surface area contributed by atoms with Gasteiger partial charge in [-0.05, 0) is 6.42 Å². The third kappa shape index (κ3) is 8.71. The molecule has 0 aromatic rings. The summed E-state index contributed by atoms with van der Waals surface area (Å²) in [7, 11) is -4.19. The van der Waals surface area contributed by atoms with Gasteiger partial charge < -0.3 is 4.18 Å².